The number of nitrogens with zero attached hydrogens (tertiary/aromatic N) is 1. The smallest absolute Gasteiger partial charge is 0.270 e. The number of nitrogens with two attached hydrogens (primary N) is 1. The molecule has 0 aromatic heterocycles. The first-order chi connectivity index (χ1) is 5.65. The first kappa shape index (κ1) is 8.08. The summed E-state index contributed by atoms with van der Waals surface area (Å²) < 4.78 is 0. The van der Waals surface area contributed by atoms with Gasteiger partial charge in [0.25, 0.3) is 5.69 Å². The van der Waals surface area contributed by atoms with E-state index >= 15 is 0 Å². The lowest BCUT2D eigenvalue weighted by Gasteiger charge is -1.96. The van der Waals surface area contributed by atoms with Crippen molar-refractivity contribution in [2.75, 3.05) is 5.73 Å². The predicted octanol–water partition coefficient (Wildman–Crippen LogP) is 1.16. The maximum Gasteiger partial charge on any atom is 0.270 e. The summed E-state index contributed by atoms with van der Waals surface area (Å²) in [6.45, 7) is 0. The number of benzene rings is 1. The van der Waals surface area contributed by atoms with Gasteiger partial charge in [0.15, 0.2) is 0 Å². The zero-order valence-electron chi connectivity index (χ0n) is 6.15. The van der Waals surface area contributed by atoms with Gasteiger partial charge in [-0.3, -0.25) is 10.1 Å². The van der Waals surface area contributed by atoms with Crippen LogP contribution in [-0.2, 0) is 0 Å². The number of nitrogen functional groups attached to an aromatic ring is 1. The minimum absolute atomic E-state index is 0.0443. The second-order valence-electron chi connectivity index (χ2n) is 2.17. The Balaban J connectivity index is 3.25. The highest BCUT2D eigenvalue weighted by Gasteiger charge is 2.06. The van der Waals surface area contributed by atoms with E-state index in [2.05, 4.69) is 5.92 Å². The summed E-state index contributed by atoms with van der Waals surface area (Å²) in [5, 5.41) is 10.3. The van der Waals surface area contributed by atoms with Crippen LogP contribution < -0.4 is 5.73 Å². The molecule has 1 aromatic rings. The van der Waals surface area contributed by atoms with Gasteiger partial charge < -0.3 is 5.73 Å². The molecule has 0 aliphatic heterocycles. The van der Waals surface area contributed by atoms with E-state index in [1.165, 1.54) is 18.2 Å². The van der Waals surface area contributed by atoms with Crippen molar-refractivity contribution in [2.45, 2.75) is 0 Å². The Morgan fingerprint density at radius 1 is 1.58 bits per heavy atom. The van der Waals surface area contributed by atoms with Crippen LogP contribution in [0.4, 0.5) is 11.4 Å². The Labute approximate surface area is 69.2 Å². The Hall–Kier alpha value is -2.02. The molecule has 2 N–H and O–H groups in total. The molecule has 0 unspecified atom stereocenters. The molecule has 0 atom stereocenters. The lowest BCUT2D eigenvalue weighted by atomic mass is 10.2. The quantitative estimate of drug-likeness (QED) is 0.291. The summed E-state index contributed by atoms with van der Waals surface area (Å²) in [4.78, 5) is 9.76. The van der Waals surface area contributed by atoms with Gasteiger partial charge in [0.05, 0.1) is 10.5 Å². The normalized spacial score (nSPS) is 8.92. The van der Waals surface area contributed by atoms with Gasteiger partial charge in [-0.15, -0.1) is 6.42 Å². The molecule has 0 aliphatic carbocycles. The fourth-order valence-electron chi connectivity index (χ4n) is 0.783. The number of anilines is 1. The molecule has 1 aromatic carbocycles. The van der Waals surface area contributed by atoms with Crippen molar-refractivity contribution < 1.29 is 4.92 Å². The summed E-state index contributed by atoms with van der Waals surface area (Å²) >= 11 is 0. The third-order valence-electron chi connectivity index (χ3n) is 1.40. The maximum atomic E-state index is 10.3. The summed E-state index contributed by atoms with van der Waals surface area (Å²) in [5.74, 6) is 2.26. The molecular formula is C8H6N2O2. The topological polar surface area (TPSA) is 69.2 Å². The monoisotopic (exact) mass is 162 g/mol. The molecule has 0 heterocycles. The Morgan fingerprint density at radius 3 is 2.75 bits per heavy atom. The van der Waals surface area contributed by atoms with E-state index in [9.17, 15) is 10.1 Å². The fraction of sp³-hybridized carbons (Fsp3) is 0. The second kappa shape index (κ2) is 2.93. The molecular weight excluding hydrogens is 156 g/mol. The molecule has 0 bridgehead atoms. The zero-order valence-corrected chi connectivity index (χ0v) is 6.15. The molecule has 0 radical (unpaired) electrons. The summed E-state index contributed by atoms with van der Waals surface area (Å²) in [6.07, 6.45) is 5.07. The number of nitro groups is 1. The molecule has 4 nitrogen and oxygen atoms in total. The van der Waals surface area contributed by atoms with E-state index in [0.717, 1.165) is 0 Å². The number of hydrogen-bond donors (Lipinski definition) is 1. The van der Waals surface area contributed by atoms with Gasteiger partial charge in [0.2, 0.25) is 0 Å². The van der Waals surface area contributed by atoms with Crippen LogP contribution in [0.3, 0.4) is 0 Å². The van der Waals surface area contributed by atoms with E-state index in [0.29, 0.717) is 11.3 Å². The van der Waals surface area contributed by atoms with E-state index in [1.807, 2.05) is 0 Å². The molecule has 0 fully saturated rings. The largest absolute Gasteiger partial charge is 0.398 e. The highest BCUT2D eigenvalue weighted by Crippen LogP contribution is 2.18. The number of non-ortho nitro benzene ring substituents is 1. The van der Waals surface area contributed by atoms with E-state index in [4.69, 9.17) is 12.2 Å². The maximum absolute atomic E-state index is 10.3. The standard InChI is InChI=1S/C8H6N2O2/c1-2-6-5-7(10(11)12)3-4-8(6)9/h1,3-5H,9H2. The average molecular weight is 162 g/mol. The minimum atomic E-state index is -0.514. The van der Waals surface area contributed by atoms with Crippen LogP contribution >= 0.6 is 0 Å². The zero-order chi connectivity index (χ0) is 9.14. The van der Waals surface area contributed by atoms with Gasteiger partial charge in [-0.05, 0) is 6.07 Å². The lowest BCUT2D eigenvalue weighted by Crippen LogP contribution is -1.93. The number of nitro benzene ring substituents is 1. The van der Waals surface area contributed by atoms with Gasteiger partial charge in [0.1, 0.15) is 0 Å². The van der Waals surface area contributed by atoms with Gasteiger partial charge in [0, 0.05) is 17.8 Å². The molecule has 0 spiro atoms. The van der Waals surface area contributed by atoms with Crippen molar-refractivity contribution in [3.05, 3.63) is 33.9 Å². The lowest BCUT2D eigenvalue weighted by molar-refractivity contribution is -0.384. The molecule has 12 heavy (non-hydrogen) atoms. The van der Waals surface area contributed by atoms with Crippen molar-refractivity contribution in [1.82, 2.24) is 0 Å². The number of terminal acetylenes is 1. The molecule has 4 heteroatoms. The van der Waals surface area contributed by atoms with Crippen LogP contribution in [0.2, 0.25) is 0 Å². The fourth-order valence-corrected chi connectivity index (χ4v) is 0.783. The molecule has 1 rings (SSSR count). The summed E-state index contributed by atoms with van der Waals surface area (Å²) in [6, 6.07) is 4.01. The molecule has 60 valence electrons. The molecule has 0 aliphatic rings. The van der Waals surface area contributed by atoms with Crippen molar-refractivity contribution in [2.24, 2.45) is 0 Å². The van der Waals surface area contributed by atoms with Crippen LogP contribution in [0.25, 0.3) is 0 Å². The van der Waals surface area contributed by atoms with Crippen molar-refractivity contribution >= 4 is 11.4 Å². The van der Waals surface area contributed by atoms with Crippen LogP contribution in [0.15, 0.2) is 18.2 Å². The van der Waals surface area contributed by atoms with Gasteiger partial charge in [-0.25, -0.2) is 0 Å². The third-order valence-corrected chi connectivity index (χ3v) is 1.40. The minimum Gasteiger partial charge on any atom is -0.398 e. The summed E-state index contributed by atoms with van der Waals surface area (Å²) in [7, 11) is 0. The van der Waals surface area contributed by atoms with Gasteiger partial charge in [-0.2, -0.15) is 0 Å². The SMILES string of the molecule is C#Cc1cc([N+](=O)[O-])ccc1N. The second-order valence-corrected chi connectivity index (χ2v) is 2.17. The first-order valence-electron chi connectivity index (χ1n) is 3.15. The van der Waals surface area contributed by atoms with E-state index in [-0.39, 0.29) is 5.69 Å². The van der Waals surface area contributed by atoms with E-state index in [1.54, 1.807) is 0 Å². The molecule has 0 amide bonds. The van der Waals surface area contributed by atoms with Crippen molar-refractivity contribution in [3.8, 4) is 12.3 Å². The van der Waals surface area contributed by atoms with Crippen molar-refractivity contribution in [1.29, 1.82) is 0 Å². The van der Waals surface area contributed by atoms with Crippen LogP contribution in [-0.4, -0.2) is 4.92 Å². The Morgan fingerprint density at radius 2 is 2.25 bits per heavy atom. The van der Waals surface area contributed by atoms with Crippen LogP contribution in [0.5, 0.6) is 0 Å². The van der Waals surface area contributed by atoms with Crippen molar-refractivity contribution in [3.63, 3.8) is 0 Å². The number of rotatable bonds is 1. The average Bonchev–Trinajstić information content (AvgIpc) is 2.05. The molecule has 0 saturated carbocycles. The first-order valence-corrected chi connectivity index (χ1v) is 3.15. The van der Waals surface area contributed by atoms with Crippen LogP contribution in [0.1, 0.15) is 5.56 Å². The number of hydrogen-bond acceptors (Lipinski definition) is 3. The van der Waals surface area contributed by atoms with Crippen LogP contribution in [0, 0.1) is 22.5 Å². The van der Waals surface area contributed by atoms with E-state index < -0.39 is 4.92 Å². The summed E-state index contributed by atoms with van der Waals surface area (Å²) in [5.41, 5.74) is 6.12. The third kappa shape index (κ3) is 1.35. The van der Waals surface area contributed by atoms with Gasteiger partial charge >= 0.3 is 0 Å². The Kier molecular flexibility index (Phi) is 1.97. The van der Waals surface area contributed by atoms with Gasteiger partial charge in [-0.1, -0.05) is 5.92 Å². The Bertz CT molecular complexity index is 366. The highest BCUT2D eigenvalue weighted by atomic mass is 16.6. The highest BCUT2D eigenvalue weighted by molar-refractivity contribution is 5.59. The predicted molar refractivity (Wildman–Crippen MR) is 45.4 cm³/mol. The molecule has 0 saturated heterocycles.